The summed E-state index contributed by atoms with van der Waals surface area (Å²) in [6, 6.07) is -0.723. The van der Waals surface area contributed by atoms with E-state index in [1.165, 1.54) is 11.9 Å². The summed E-state index contributed by atoms with van der Waals surface area (Å²) in [6.45, 7) is 17.8. The highest BCUT2D eigenvalue weighted by molar-refractivity contribution is 6.77. The van der Waals surface area contributed by atoms with Gasteiger partial charge in [0, 0.05) is 23.2 Å². The largest absolute Gasteiger partial charge is 0.480 e. The van der Waals surface area contributed by atoms with Crippen molar-refractivity contribution < 1.29 is 24.2 Å². The minimum absolute atomic E-state index is 0.381. The lowest BCUT2D eigenvalue weighted by Crippen LogP contribution is -2.55. The van der Waals surface area contributed by atoms with Gasteiger partial charge < -0.3 is 20.1 Å². The number of nitrogens with one attached hydrogen (secondary N) is 1. The second kappa shape index (κ2) is 9.23. The molecule has 2 atom stereocenters. The van der Waals surface area contributed by atoms with Crippen molar-refractivity contribution in [2.75, 3.05) is 7.05 Å². The molecule has 2 N–H and O–H groups in total. The van der Waals surface area contributed by atoms with Gasteiger partial charge in [0.15, 0.2) is 0 Å². The smallest absolute Gasteiger partial charge is 0.408 e. The van der Waals surface area contributed by atoms with Crippen molar-refractivity contribution in [2.24, 2.45) is 0 Å². The molecule has 0 rings (SSSR count). The predicted molar refractivity (Wildman–Crippen MR) is 114 cm³/mol. The molecule has 0 unspecified atom stereocenters. The Hall–Kier alpha value is -1.36. The number of hydrogen-bond acceptors (Lipinski definition) is 4. The number of carbonyl (C=O) groups is 3. The van der Waals surface area contributed by atoms with Crippen LogP contribution >= 0.6 is 0 Å². The summed E-state index contributed by atoms with van der Waals surface area (Å²) in [7, 11) is -1.93. The van der Waals surface area contributed by atoms with Gasteiger partial charge in [0.2, 0.25) is 5.91 Å². The molecule has 0 fully saturated rings. The van der Waals surface area contributed by atoms with Crippen LogP contribution in [0.2, 0.25) is 51.4 Å². The van der Waals surface area contributed by atoms with Gasteiger partial charge in [-0.25, -0.2) is 9.59 Å². The summed E-state index contributed by atoms with van der Waals surface area (Å²) in [5.74, 6) is -1.40. The first-order valence-electron chi connectivity index (χ1n) is 9.31. The third kappa shape index (κ3) is 11.2. The Kier molecular flexibility index (Phi) is 8.76. The Morgan fingerprint density at radius 2 is 1.44 bits per heavy atom. The SMILES string of the molecule is CN(C(=O)[C@@H](C[Si](C)(C)C)NC(=O)OC(C)(C)C)[C@@H](C[Si](C)(C)C)C(=O)O. The second-order valence-electron chi connectivity index (χ2n) is 10.5. The Labute approximate surface area is 165 Å². The molecule has 0 aliphatic rings. The first-order chi connectivity index (χ1) is 11.8. The number of carbonyl (C=O) groups excluding carboxylic acids is 2. The number of alkyl carbamates (subject to hydrolysis) is 1. The summed E-state index contributed by atoms with van der Waals surface area (Å²) in [5.41, 5.74) is -0.676. The van der Waals surface area contributed by atoms with Gasteiger partial charge in [-0.2, -0.15) is 0 Å². The van der Waals surface area contributed by atoms with Crippen LogP contribution in [0.3, 0.4) is 0 Å². The van der Waals surface area contributed by atoms with Crippen LogP contribution in [0.15, 0.2) is 0 Å². The zero-order chi connectivity index (χ0) is 21.8. The minimum atomic E-state index is -1.72. The maximum absolute atomic E-state index is 13.1. The Morgan fingerprint density at radius 3 is 1.78 bits per heavy atom. The van der Waals surface area contributed by atoms with Crippen molar-refractivity contribution >= 4 is 34.1 Å². The van der Waals surface area contributed by atoms with Gasteiger partial charge in [-0.15, -0.1) is 0 Å². The van der Waals surface area contributed by atoms with E-state index in [2.05, 4.69) is 44.6 Å². The van der Waals surface area contributed by atoms with Crippen LogP contribution in [0.1, 0.15) is 20.8 Å². The van der Waals surface area contributed by atoms with Gasteiger partial charge in [0.1, 0.15) is 17.7 Å². The van der Waals surface area contributed by atoms with Gasteiger partial charge in [0.05, 0.1) is 0 Å². The summed E-state index contributed by atoms with van der Waals surface area (Å²) >= 11 is 0. The van der Waals surface area contributed by atoms with E-state index >= 15 is 0 Å². The van der Waals surface area contributed by atoms with E-state index in [9.17, 15) is 19.5 Å². The summed E-state index contributed by atoms with van der Waals surface area (Å²) in [5, 5.41) is 12.3. The molecular weight excluding hydrogens is 380 g/mol. The van der Waals surface area contributed by atoms with Crippen molar-refractivity contribution in [3.05, 3.63) is 0 Å². The normalized spacial score (nSPS) is 14.9. The van der Waals surface area contributed by atoms with E-state index in [0.717, 1.165) is 0 Å². The van der Waals surface area contributed by atoms with Gasteiger partial charge in [0.25, 0.3) is 0 Å². The highest BCUT2D eigenvalue weighted by Gasteiger charge is 2.37. The molecule has 9 heteroatoms. The average molecular weight is 419 g/mol. The third-order valence-electron chi connectivity index (χ3n) is 3.71. The Balaban J connectivity index is 5.52. The maximum atomic E-state index is 13.1. The number of rotatable bonds is 8. The maximum Gasteiger partial charge on any atom is 0.408 e. The van der Waals surface area contributed by atoms with Crippen molar-refractivity contribution in [3.63, 3.8) is 0 Å². The van der Waals surface area contributed by atoms with E-state index < -0.39 is 45.9 Å². The molecule has 2 amide bonds. The monoisotopic (exact) mass is 418 g/mol. The van der Waals surface area contributed by atoms with Gasteiger partial charge in [-0.05, 0) is 32.9 Å². The summed E-state index contributed by atoms with van der Waals surface area (Å²) in [6.07, 6.45) is -0.662. The molecule has 0 heterocycles. The Morgan fingerprint density at radius 1 is 1.00 bits per heavy atom. The van der Waals surface area contributed by atoms with Crippen LogP contribution in [0, 0.1) is 0 Å². The van der Waals surface area contributed by atoms with Crippen LogP contribution < -0.4 is 5.32 Å². The Bertz CT molecular complexity index is 547. The fraction of sp³-hybridized carbons (Fsp3) is 0.833. The summed E-state index contributed by atoms with van der Waals surface area (Å²) < 4.78 is 5.29. The molecule has 0 bridgehead atoms. The summed E-state index contributed by atoms with van der Waals surface area (Å²) in [4.78, 5) is 38.3. The standard InChI is InChI=1S/C18H38N2O5Si2/c1-18(2,3)25-17(24)19-13(11-26(5,6)7)15(21)20(4)14(16(22)23)12-27(8,9)10/h13-14H,11-12H2,1-10H3,(H,19,24)(H,22,23)/t13-,14+/m1/s1. The first-order valence-corrected chi connectivity index (χ1v) is 16.7. The predicted octanol–water partition coefficient (Wildman–Crippen LogP) is 3.47. The number of nitrogens with zero attached hydrogens (tertiary/aromatic N) is 1. The fourth-order valence-electron chi connectivity index (χ4n) is 2.63. The molecule has 0 aromatic rings. The van der Waals surface area contributed by atoms with E-state index in [-0.39, 0.29) is 5.91 Å². The fourth-order valence-corrected chi connectivity index (χ4v) is 5.74. The number of hydrogen-bond donors (Lipinski definition) is 2. The van der Waals surface area contributed by atoms with Crippen LogP contribution in [-0.4, -0.2) is 68.9 Å². The van der Waals surface area contributed by atoms with Gasteiger partial charge in [-0.1, -0.05) is 39.3 Å². The number of ether oxygens (including phenoxy) is 1. The minimum Gasteiger partial charge on any atom is -0.480 e. The number of carboxylic acid groups (broad SMARTS) is 1. The van der Waals surface area contributed by atoms with Crippen LogP contribution in [0.5, 0.6) is 0 Å². The molecule has 0 radical (unpaired) electrons. The quantitative estimate of drug-likeness (QED) is 0.588. The lowest BCUT2D eigenvalue weighted by molar-refractivity contribution is -0.148. The molecule has 0 aliphatic heterocycles. The van der Waals surface area contributed by atoms with Crippen molar-refractivity contribution in [1.82, 2.24) is 10.2 Å². The number of amides is 2. The van der Waals surface area contributed by atoms with E-state index in [0.29, 0.717) is 12.1 Å². The number of likely N-dealkylation sites (N-methyl/N-ethyl adjacent to an activating group) is 1. The lowest BCUT2D eigenvalue weighted by atomic mass is 10.2. The highest BCUT2D eigenvalue weighted by atomic mass is 28.3. The van der Waals surface area contributed by atoms with Crippen LogP contribution in [0.25, 0.3) is 0 Å². The topological polar surface area (TPSA) is 95.9 Å². The van der Waals surface area contributed by atoms with E-state index in [1.54, 1.807) is 20.8 Å². The molecule has 7 nitrogen and oxygen atoms in total. The van der Waals surface area contributed by atoms with Crippen molar-refractivity contribution in [2.45, 2.75) is 89.8 Å². The zero-order valence-electron chi connectivity index (χ0n) is 18.6. The third-order valence-corrected chi connectivity index (χ3v) is 6.96. The van der Waals surface area contributed by atoms with Crippen LogP contribution in [-0.2, 0) is 14.3 Å². The van der Waals surface area contributed by atoms with Gasteiger partial charge in [-0.3, -0.25) is 4.79 Å². The van der Waals surface area contributed by atoms with E-state index in [4.69, 9.17) is 4.74 Å². The average Bonchev–Trinajstić information content (AvgIpc) is 2.37. The van der Waals surface area contributed by atoms with Crippen LogP contribution in [0.4, 0.5) is 4.79 Å². The molecule has 0 aliphatic carbocycles. The molecule has 0 saturated carbocycles. The lowest BCUT2D eigenvalue weighted by Gasteiger charge is -2.34. The zero-order valence-corrected chi connectivity index (χ0v) is 20.6. The van der Waals surface area contributed by atoms with Gasteiger partial charge >= 0.3 is 12.1 Å². The van der Waals surface area contributed by atoms with E-state index in [1.807, 2.05) is 0 Å². The molecular formula is C18H38N2O5Si2. The molecule has 158 valence electrons. The molecule has 0 aromatic carbocycles. The molecule has 0 aromatic heterocycles. The number of aliphatic carboxylic acids is 1. The molecule has 0 saturated heterocycles. The number of carboxylic acids is 1. The first kappa shape index (κ1) is 25.6. The van der Waals surface area contributed by atoms with Crippen molar-refractivity contribution in [3.8, 4) is 0 Å². The molecule has 0 spiro atoms. The molecule has 27 heavy (non-hydrogen) atoms. The second-order valence-corrected chi connectivity index (χ2v) is 21.6. The van der Waals surface area contributed by atoms with Crippen molar-refractivity contribution in [1.29, 1.82) is 0 Å². The highest BCUT2D eigenvalue weighted by Crippen LogP contribution is 2.20.